The molecule has 3 rings (SSSR count). The zero-order chi connectivity index (χ0) is 19.2. The second-order valence-corrected chi connectivity index (χ2v) is 6.04. The third-order valence-corrected chi connectivity index (χ3v) is 4.27. The first-order valence-corrected chi connectivity index (χ1v) is 8.42. The number of nitrogens with zero attached hydrogens (tertiary/aromatic N) is 4. The normalized spacial score (nSPS) is 11.6. The third-order valence-electron chi connectivity index (χ3n) is 3.93. The van der Waals surface area contributed by atoms with E-state index in [0.29, 0.717) is 21.8 Å². The van der Waals surface area contributed by atoms with E-state index in [1.54, 1.807) is 48.5 Å². The van der Waals surface area contributed by atoms with E-state index in [1.807, 2.05) is 0 Å². The molecule has 1 atom stereocenters. The smallest absolute Gasteiger partial charge is 0.307 e. The van der Waals surface area contributed by atoms with Crippen LogP contribution < -0.4 is 5.32 Å². The number of hydrogen-bond acceptors (Lipinski definition) is 6. The van der Waals surface area contributed by atoms with Crippen LogP contribution in [-0.2, 0) is 9.53 Å². The maximum absolute atomic E-state index is 12.7. The van der Waals surface area contributed by atoms with Crippen LogP contribution in [0.3, 0.4) is 0 Å². The lowest BCUT2D eigenvalue weighted by molar-refractivity contribution is -0.141. The van der Waals surface area contributed by atoms with Crippen molar-refractivity contribution in [1.82, 2.24) is 25.5 Å². The Morgan fingerprint density at radius 1 is 1.19 bits per heavy atom. The molecule has 0 radical (unpaired) electrons. The average molecular weight is 386 g/mol. The minimum atomic E-state index is -0.613. The summed E-state index contributed by atoms with van der Waals surface area (Å²) in [7, 11) is 1.30. The fraction of sp³-hybridized carbons (Fsp3) is 0.167. The maximum atomic E-state index is 12.7. The van der Waals surface area contributed by atoms with Gasteiger partial charge >= 0.3 is 5.97 Å². The van der Waals surface area contributed by atoms with E-state index >= 15 is 0 Å². The number of nitrogens with one attached hydrogen (secondary N) is 1. The molecule has 27 heavy (non-hydrogen) atoms. The summed E-state index contributed by atoms with van der Waals surface area (Å²) in [5.74, 6) is -0.790. The highest BCUT2D eigenvalue weighted by Gasteiger charge is 2.21. The standard InChI is InChI=1S/C18H16ClN5O3/c1-27-17(25)10-16(14-4-2-3-5-15(14)19)21-18(26)12-6-8-13(9-7-12)24-11-20-22-23-24/h2-9,11,16H,10H2,1H3,(H,21,26). The highest BCUT2D eigenvalue weighted by Crippen LogP contribution is 2.26. The lowest BCUT2D eigenvalue weighted by atomic mass is 10.0. The van der Waals surface area contributed by atoms with Gasteiger partial charge in [-0.05, 0) is 46.3 Å². The fourth-order valence-corrected chi connectivity index (χ4v) is 2.80. The molecule has 0 aliphatic carbocycles. The summed E-state index contributed by atoms with van der Waals surface area (Å²) in [6.07, 6.45) is 1.42. The molecule has 0 aliphatic rings. The summed E-state index contributed by atoms with van der Waals surface area (Å²) in [5, 5.41) is 14.2. The van der Waals surface area contributed by atoms with Crippen LogP contribution in [0.15, 0.2) is 54.9 Å². The SMILES string of the molecule is COC(=O)CC(NC(=O)c1ccc(-n2cnnn2)cc1)c1ccccc1Cl. The lowest BCUT2D eigenvalue weighted by Crippen LogP contribution is -2.30. The molecule has 0 saturated carbocycles. The lowest BCUT2D eigenvalue weighted by Gasteiger charge is -2.19. The number of hydrogen-bond donors (Lipinski definition) is 1. The molecular formula is C18H16ClN5O3. The summed E-state index contributed by atoms with van der Waals surface area (Å²) in [6, 6.07) is 13.1. The van der Waals surface area contributed by atoms with Crippen LogP contribution >= 0.6 is 11.6 Å². The van der Waals surface area contributed by atoms with Gasteiger partial charge in [-0.25, -0.2) is 4.68 Å². The molecule has 1 unspecified atom stereocenters. The van der Waals surface area contributed by atoms with Gasteiger partial charge in [0.25, 0.3) is 5.91 Å². The molecular weight excluding hydrogens is 370 g/mol. The molecule has 0 bridgehead atoms. The number of benzene rings is 2. The van der Waals surface area contributed by atoms with E-state index in [9.17, 15) is 9.59 Å². The third kappa shape index (κ3) is 4.48. The highest BCUT2D eigenvalue weighted by atomic mass is 35.5. The molecule has 1 amide bonds. The Morgan fingerprint density at radius 3 is 2.56 bits per heavy atom. The van der Waals surface area contributed by atoms with Crippen molar-refractivity contribution in [3.63, 3.8) is 0 Å². The number of rotatable bonds is 6. The van der Waals surface area contributed by atoms with Crippen molar-refractivity contribution < 1.29 is 14.3 Å². The summed E-state index contributed by atoms with van der Waals surface area (Å²) < 4.78 is 6.21. The Hall–Kier alpha value is -3.26. The van der Waals surface area contributed by atoms with Crippen molar-refractivity contribution in [3.05, 3.63) is 71.0 Å². The van der Waals surface area contributed by atoms with Gasteiger partial charge in [-0.3, -0.25) is 9.59 Å². The first-order valence-electron chi connectivity index (χ1n) is 8.04. The number of ether oxygens (including phenoxy) is 1. The number of halogens is 1. The van der Waals surface area contributed by atoms with Gasteiger partial charge in [-0.1, -0.05) is 29.8 Å². The van der Waals surface area contributed by atoms with Gasteiger partial charge in [-0.15, -0.1) is 5.10 Å². The molecule has 0 fully saturated rings. The van der Waals surface area contributed by atoms with Crippen LogP contribution in [0, 0.1) is 0 Å². The summed E-state index contributed by atoms with van der Waals surface area (Å²) in [4.78, 5) is 24.4. The zero-order valence-corrected chi connectivity index (χ0v) is 15.1. The number of aromatic nitrogens is 4. The molecule has 0 spiro atoms. The first-order chi connectivity index (χ1) is 13.1. The molecule has 138 valence electrons. The number of amides is 1. The molecule has 0 aliphatic heterocycles. The molecule has 8 nitrogen and oxygen atoms in total. The zero-order valence-electron chi connectivity index (χ0n) is 14.4. The quantitative estimate of drug-likeness (QED) is 0.654. The van der Waals surface area contributed by atoms with Gasteiger partial charge in [0.05, 0.1) is 25.3 Å². The van der Waals surface area contributed by atoms with Crippen LogP contribution in [-0.4, -0.2) is 39.2 Å². The van der Waals surface area contributed by atoms with Gasteiger partial charge in [0.2, 0.25) is 0 Å². The van der Waals surface area contributed by atoms with Crippen molar-refractivity contribution in [2.75, 3.05) is 7.11 Å². The predicted molar refractivity (Wildman–Crippen MR) is 97.4 cm³/mol. The van der Waals surface area contributed by atoms with Gasteiger partial charge in [-0.2, -0.15) is 0 Å². The highest BCUT2D eigenvalue weighted by molar-refractivity contribution is 6.31. The molecule has 9 heteroatoms. The van der Waals surface area contributed by atoms with Crippen molar-refractivity contribution >= 4 is 23.5 Å². The van der Waals surface area contributed by atoms with Gasteiger partial charge in [0.15, 0.2) is 0 Å². The average Bonchev–Trinajstić information content (AvgIpc) is 3.22. The largest absolute Gasteiger partial charge is 0.469 e. The Kier molecular flexibility index (Phi) is 5.77. The van der Waals surface area contributed by atoms with Crippen LogP contribution in [0.4, 0.5) is 0 Å². The van der Waals surface area contributed by atoms with E-state index in [-0.39, 0.29) is 12.3 Å². The van der Waals surface area contributed by atoms with E-state index in [0.717, 1.165) is 0 Å². The van der Waals surface area contributed by atoms with Gasteiger partial charge in [0.1, 0.15) is 6.33 Å². The molecule has 1 heterocycles. The van der Waals surface area contributed by atoms with Crippen LogP contribution in [0.25, 0.3) is 5.69 Å². The van der Waals surface area contributed by atoms with Crippen molar-refractivity contribution in [1.29, 1.82) is 0 Å². The first kappa shape index (κ1) is 18.5. The Labute approximate surface area is 160 Å². The second kappa shape index (κ2) is 8.41. The van der Waals surface area contributed by atoms with E-state index < -0.39 is 12.0 Å². The summed E-state index contributed by atoms with van der Waals surface area (Å²) in [5.41, 5.74) is 1.78. The van der Waals surface area contributed by atoms with Crippen LogP contribution in [0.2, 0.25) is 5.02 Å². The Bertz CT molecular complexity index is 928. The van der Waals surface area contributed by atoms with Crippen LogP contribution in [0.1, 0.15) is 28.4 Å². The maximum Gasteiger partial charge on any atom is 0.307 e. The number of carbonyl (C=O) groups is 2. The van der Waals surface area contributed by atoms with E-state index in [2.05, 4.69) is 20.8 Å². The topological polar surface area (TPSA) is 99.0 Å². The van der Waals surface area contributed by atoms with Gasteiger partial charge in [0, 0.05) is 10.6 Å². The monoisotopic (exact) mass is 385 g/mol. The van der Waals surface area contributed by atoms with Crippen molar-refractivity contribution in [2.45, 2.75) is 12.5 Å². The second-order valence-electron chi connectivity index (χ2n) is 5.63. The minimum absolute atomic E-state index is 0.0331. The molecule has 1 aromatic heterocycles. The molecule has 1 N–H and O–H groups in total. The summed E-state index contributed by atoms with van der Waals surface area (Å²) in [6.45, 7) is 0. The minimum Gasteiger partial charge on any atom is -0.469 e. The van der Waals surface area contributed by atoms with E-state index in [1.165, 1.54) is 18.1 Å². The number of tetrazole rings is 1. The Balaban J connectivity index is 1.79. The number of carbonyl (C=O) groups excluding carboxylic acids is 2. The van der Waals surface area contributed by atoms with Crippen molar-refractivity contribution in [3.8, 4) is 5.69 Å². The van der Waals surface area contributed by atoms with Gasteiger partial charge < -0.3 is 10.1 Å². The van der Waals surface area contributed by atoms with Crippen LogP contribution in [0.5, 0.6) is 0 Å². The Morgan fingerprint density at radius 2 is 1.93 bits per heavy atom. The number of methoxy groups -OCH3 is 1. The number of esters is 1. The predicted octanol–water partition coefficient (Wildman–Crippen LogP) is 2.35. The van der Waals surface area contributed by atoms with E-state index in [4.69, 9.17) is 16.3 Å². The molecule has 3 aromatic rings. The fourth-order valence-electron chi connectivity index (χ4n) is 2.53. The summed E-state index contributed by atoms with van der Waals surface area (Å²) >= 11 is 6.23. The molecule has 2 aromatic carbocycles. The molecule has 0 saturated heterocycles. The van der Waals surface area contributed by atoms with Crippen molar-refractivity contribution in [2.24, 2.45) is 0 Å².